The van der Waals surface area contributed by atoms with Gasteiger partial charge in [0.2, 0.25) is 5.95 Å². The molecule has 1 aliphatic rings. The van der Waals surface area contributed by atoms with Gasteiger partial charge < -0.3 is 15.2 Å². The highest BCUT2D eigenvalue weighted by Gasteiger charge is 2.10. The molecule has 5 rings (SSSR count). The Hall–Kier alpha value is -3.35. The first-order valence-corrected chi connectivity index (χ1v) is 12.5. The number of phenolic OH excluding ortho intramolecular Hbond substituents is 1. The Kier molecular flexibility index (Phi) is 7.31. The lowest BCUT2D eigenvalue weighted by molar-refractivity contribution is 0.214. The van der Waals surface area contributed by atoms with Crippen molar-refractivity contribution in [3.8, 4) is 22.6 Å². The van der Waals surface area contributed by atoms with Crippen molar-refractivity contribution in [1.82, 2.24) is 14.9 Å². The third kappa shape index (κ3) is 6.02. The van der Waals surface area contributed by atoms with Crippen molar-refractivity contribution in [3.05, 3.63) is 71.9 Å². The summed E-state index contributed by atoms with van der Waals surface area (Å²) in [6, 6.07) is 18.6. The molecule has 0 aliphatic carbocycles. The van der Waals surface area contributed by atoms with Crippen molar-refractivity contribution in [2.75, 3.05) is 31.6 Å². The molecule has 1 aliphatic heterocycles. The van der Waals surface area contributed by atoms with Crippen molar-refractivity contribution in [1.29, 1.82) is 0 Å². The van der Waals surface area contributed by atoms with Crippen LogP contribution in [0, 0.1) is 0 Å². The first-order valence-electron chi connectivity index (χ1n) is 12.1. The minimum atomic E-state index is 0.175. The highest BCUT2D eigenvalue weighted by molar-refractivity contribution is 6.33. The number of rotatable bonds is 7. The van der Waals surface area contributed by atoms with Gasteiger partial charge in [0.05, 0.1) is 5.52 Å². The van der Waals surface area contributed by atoms with Crippen LogP contribution in [0.1, 0.15) is 25.7 Å². The number of anilines is 2. The van der Waals surface area contributed by atoms with E-state index in [4.69, 9.17) is 16.3 Å². The number of aromatic hydroxyl groups is 1. The topological polar surface area (TPSA) is 70.5 Å². The first-order chi connectivity index (χ1) is 17.1. The number of ether oxygens (including phenoxy) is 1. The van der Waals surface area contributed by atoms with Gasteiger partial charge >= 0.3 is 0 Å². The maximum atomic E-state index is 9.81. The van der Waals surface area contributed by atoms with Crippen LogP contribution in [-0.4, -0.2) is 46.2 Å². The number of nitrogens with one attached hydrogen (secondary N) is 1. The zero-order chi connectivity index (χ0) is 24.0. The van der Waals surface area contributed by atoms with Crippen molar-refractivity contribution in [3.63, 3.8) is 0 Å². The summed E-state index contributed by atoms with van der Waals surface area (Å²) in [5.74, 6) is 1.56. The first kappa shape index (κ1) is 23.4. The molecule has 2 heterocycles. The Morgan fingerprint density at radius 3 is 2.54 bits per heavy atom. The molecule has 0 spiro atoms. The van der Waals surface area contributed by atoms with Crippen LogP contribution < -0.4 is 10.1 Å². The number of nitrogens with zero attached hydrogens (tertiary/aromatic N) is 3. The summed E-state index contributed by atoms with van der Waals surface area (Å²) in [7, 11) is 0. The second kappa shape index (κ2) is 10.9. The second-order valence-electron chi connectivity index (χ2n) is 8.89. The fourth-order valence-corrected chi connectivity index (χ4v) is 4.64. The quantitative estimate of drug-likeness (QED) is 0.303. The van der Waals surface area contributed by atoms with E-state index in [1.165, 1.54) is 38.8 Å². The number of halogens is 1. The molecule has 4 aromatic rings. The van der Waals surface area contributed by atoms with Crippen molar-refractivity contribution in [2.45, 2.75) is 25.7 Å². The molecular weight excluding hydrogens is 460 g/mol. The van der Waals surface area contributed by atoms with E-state index in [1.54, 1.807) is 24.4 Å². The zero-order valence-electron chi connectivity index (χ0n) is 19.6. The molecule has 0 amide bonds. The van der Waals surface area contributed by atoms with Crippen molar-refractivity contribution >= 4 is 34.1 Å². The van der Waals surface area contributed by atoms with Crippen molar-refractivity contribution in [2.24, 2.45) is 0 Å². The Balaban J connectivity index is 1.21. The van der Waals surface area contributed by atoms with E-state index < -0.39 is 0 Å². The fourth-order valence-electron chi connectivity index (χ4n) is 4.41. The largest absolute Gasteiger partial charge is 0.508 e. The Morgan fingerprint density at radius 1 is 0.943 bits per heavy atom. The lowest BCUT2D eigenvalue weighted by Gasteiger charge is -2.19. The van der Waals surface area contributed by atoms with Crippen LogP contribution in [0.3, 0.4) is 0 Å². The number of hydrogen-bond acceptors (Lipinski definition) is 6. The van der Waals surface area contributed by atoms with E-state index in [-0.39, 0.29) is 5.75 Å². The molecule has 1 saturated heterocycles. The number of hydrogen-bond donors (Lipinski definition) is 2. The van der Waals surface area contributed by atoms with E-state index in [2.05, 4.69) is 20.2 Å². The summed E-state index contributed by atoms with van der Waals surface area (Å²) in [6.45, 7) is 4.05. The minimum absolute atomic E-state index is 0.175. The molecule has 6 nitrogen and oxygen atoms in total. The molecule has 3 aromatic carbocycles. The van der Waals surface area contributed by atoms with Gasteiger partial charge in [-0.3, -0.25) is 4.90 Å². The van der Waals surface area contributed by atoms with Gasteiger partial charge in [0.1, 0.15) is 18.1 Å². The summed E-state index contributed by atoms with van der Waals surface area (Å²) >= 11 is 6.31. The van der Waals surface area contributed by atoms with Crippen LogP contribution in [-0.2, 0) is 0 Å². The van der Waals surface area contributed by atoms with Crippen LogP contribution >= 0.6 is 11.6 Å². The molecule has 0 atom stereocenters. The lowest BCUT2D eigenvalue weighted by atomic mass is 10.0. The predicted molar refractivity (Wildman–Crippen MR) is 142 cm³/mol. The number of likely N-dealkylation sites (tertiary alicyclic amines) is 1. The van der Waals surface area contributed by atoms with Crippen LogP contribution in [0.4, 0.5) is 11.6 Å². The molecule has 0 radical (unpaired) electrons. The second-order valence-corrected chi connectivity index (χ2v) is 9.29. The van der Waals surface area contributed by atoms with E-state index >= 15 is 0 Å². The highest BCUT2D eigenvalue weighted by atomic mass is 35.5. The van der Waals surface area contributed by atoms with Crippen LogP contribution in [0.2, 0.25) is 5.02 Å². The van der Waals surface area contributed by atoms with E-state index in [9.17, 15) is 5.11 Å². The van der Waals surface area contributed by atoms with Gasteiger partial charge in [-0.1, -0.05) is 30.5 Å². The van der Waals surface area contributed by atoms with Crippen LogP contribution in [0.25, 0.3) is 22.0 Å². The Bertz CT molecular complexity index is 1290. The predicted octanol–water partition coefficient (Wildman–Crippen LogP) is 6.65. The van der Waals surface area contributed by atoms with Gasteiger partial charge in [-0.2, -0.15) is 0 Å². The maximum Gasteiger partial charge on any atom is 0.227 e. The van der Waals surface area contributed by atoms with Gasteiger partial charge in [0, 0.05) is 34.4 Å². The van der Waals surface area contributed by atoms with Gasteiger partial charge in [-0.15, -0.1) is 0 Å². The summed E-state index contributed by atoms with van der Waals surface area (Å²) in [4.78, 5) is 11.6. The highest BCUT2D eigenvalue weighted by Crippen LogP contribution is 2.32. The van der Waals surface area contributed by atoms with Crippen LogP contribution in [0.5, 0.6) is 11.5 Å². The monoisotopic (exact) mass is 488 g/mol. The molecule has 0 unspecified atom stereocenters. The zero-order valence-corrected chi connectivity index (χ0v) is 20.3. The Morgan fingerprint density at radius 2 is 1.74 bits per heavy atom. The number of phenols is 1. The maximum absolute atomic E-state index is 9.81. The average Bonchev–Trinajstić information content (AvgIpc) is 3.15. The number of fused-ring (bicyclic) bond motifs is 1. The SMILES string of the molecule is Oc1ccc(Cl)c(-c2ccc3nc(Nc4ccc(OCCN5CCCCCC5)cc4)ncc3c2)c1. The minimum Gasteiger partial charge on any atom is -0.508 e. The van der Waals surface area contributed by atoms with E-state index in [0.29, 0.717) is 17.6 Å². The van der Waals surface area contributed by atoms with Gasteiger partial charge in [0.15, 0.2) is 0 Å². The molecule has 2 N–H and O–H groups in total. The van der Waals surface area contributed by atoms with E-state index in [0.717, 1.165) is 40.0 Å². The van der Waals surface area contributed by atoms with E-state index in [1.807, 2.05) is 42.5 Å². The molecule has 0 saturated carbocycles. The fraction of sp³-hybridized carbons (Fsp3) is 0.286. The standard InChI is InChI=1S/C28H29ClN4O2/c29-26-11-8-23(34)18-25(26)20-5-12-27-21(17-20)19-30-28(32-27)31-22-6-9-24(10-7-22)35-16-15-33-13-3-1-2-4-14-33/h5-12,17-19,34H,1-4,13-16H2,(H,30,31,32). The molecule has 7 heteroatoms. The average molecular weight is 489 g/mol. The summed E-state index contributed by atoms with van der Waals surface area (Å²) in [5.41, 5.74) is 3.38. The summed E-state index contributed by atoms with van der Waals surface area (Å²) in [5, 5.41) is 14.5. The van der Waals surface area contributed by atoms with Gasteiger partial charge in [-0.25, -0.2) is 9.97 Å². The summed E-state index contributed by atoms with van der Waals surface area (Å²) < 4.78 is 5.95. The smallest absolute Gasteiger partial charge is 0.227 e. The third-order valence-corrected chi connectivity index (χ3v) is 6.66. The molecule has 0 bridgehead atoms. The van der Waals surface area contributed by atoms with Crippen molar-refractivity contribution < 1.29 is 9.84 Å². The molecule has 35 heavy (non-hydrogen) atoms. The summed E-state index contributed by atoms with van der Waals surface area (Å²) in [6.07, 6.45) is 7.07. The molecule has 180 valence electrons. The molecule has 1 fully saturated rings. The van der Waals surface area contributed by atoms with Crippen LogP contribution in [0.15, 0.2) is 66.9 Å². The normalized spacial score (nSPS) is 14.5. The molecular formula is C28H29ClN4O2. The van der Waals surface area contributed by atoms with Gasteiger partial charge in [-0.05, 0) is 86.1 Å². The molecule has 1 aromatic heterocycles. The lowest BCUT2D eigenvalue weighted by Crippen LogP contribution is -2.29. The number of aromatic nitrogens is 2. The Labute approximate surface area is 210 Å². The third-order valence-electron chi connectivity index (χ3n) is 6.33. The number of benzene rings is 3. The van der Waals surface area contributed by atoms with Gasteiger partial charge in [0.25, 0.3) is 0 Å².